The molecule has 2 saturated heterocycles. The Bertz CT molecular complexity index is 2270. The summed E-state index contributed by atoms with van der Waals surface area (Å²) in [5.74, 6) is 0.581. The molecule has 4 unspecified atom stereocenters. The van der Waals surface area contributed by atoms with Crippen molar-refractivity contribution >= 4 is 23.4 Å². The summed E-state index contributed by atoms with van der Waals surface area (Å²) < 4.78 is 50.2. The second-order valence-corrected chi connectivity index (χ2v) is 16.5. The Morgan fingerprint density at radius 1 is 0.781 bits per heavy atom. The molecule has 0 saturated carbocycles. The fourth-order valence-corrected chi connectivity index (χ4v) is 8.71. The Labute approximate surface area is 374 Å². The quantitative estimate of drug-likeness (QED) is 0.0690. The van der Waals surface area contributed by atoms with Gasteiger partial charge in [-0.3, -0.25) is 4.79 Å². The summed E-state index contributed by atoms with van der Waals surface area (Å²) in [4.78, 5) is 33.3. The number of ether oxygens (including phenoxy) is 6. The lowest BCUT2D eigenvalue weighted by Gasteiger charge is -2.43. The zero-order chi connectivity index (χ0) is 44.1. The van der Waals surface area contributed by atoms with Crippen molar-refractivity contribution in [1.29, 1.82) is 0 Å². The molecule has 0 aromatic heterocycles. The fourth-order valence-electron chi connectivity index (χ4n) is 8.71. The highest BCUT2D eigenvalue weighted by molar-refractivity contribution is 5.72. The normalized spacial score (nSPS) is 19.4. The Morgan fingerprint density at radius 2 is 1.55 bits per heavy atom. The summed E-state index contributed by atoms with van der Waals surface area (Å²) in [5, 5.41) is 3.46. The van der Waals surface area contributed by atoms with E-state index < -0.39 is 24.2 Å². The van der Waals surface area contributed by atoms with Crippen LogP contribution < -0.4 is 24.6 Å². The zero-order valence-electron chi connectivity index (χ0n) is 36.3. The number of piperidine rings is 1. The lowest BCUT2D eigenvalue weighted by molar-refractivity contribution is -0.144. The summed E-state index contributed by atoms with van der Waals surface area (Å²) in [6.07, 6.45) is 0.647. The number of methoxy groups -OCH3 is 1. The van der Waals surface area contributed by atoms with E-state index in [-0.39, 0.29) is 57.3 Å². The van der Waals surface area contributed by atoms with Crippen LogP contribution in [-0.2, 0) is 43.6 Å². The molecule has 8 rings (SSSR count). The van der Waals surface area contributed by atoms with E-state index in [0.717, 1.165) is 77.6 Å². The van der Waals surface area contributed by atoms with Crippen LogP contribution in [0.4, 0.5) is 20.6 Å². The van der Waals surface area contributed by atoms with Crippen molar-refractivity contribution in [2.75, 3.05) is 75.9 Å². The van der Waals surface area contributed by atoms with E-state index in [9.17, 15) is 14.0 Å². The third-order valence-corrected chi connectivity index (χ3v) is 12.0. The average molecular weight is 873 g/mol. The standard InChI is InChI=1S/C51H57FN4O8/c1-59-26-9-23-54-25-27-60-47-21-16-39(28-46(47)54)36-61-48-33-56(51(58)63-35-38-12-6-3-7-13-38)32-45(53-30-49(57)62-34-37-10-4-2-5-11-37)50(48)40-17-19-43(20-18-40)64-44-22-24-55(31-44)42-15-8-14-41(52)29-42/h2-8,10-21,28-29,44-45,48,50,53H,9,22-27,30-36H2,1H3. The topological polar surface area (TPSA) is 111 Å². The van der Waals surface area contributed by atoms with E-state index in [0.29, 0.717) is 19.8 Å². The van der Waals surface area contributed by atoms with Gasteiger partial charge < -0.3 is 48.4 Å². The van der Waals surface area contributed by atoms with Gasteiger partial charge in [-0.15, -0.1) is 0 Å². The van der Waals surface area contributed by atoms with E-state index in [4.69, 9.17) is 28.4 Å². The number of esters is 1. The monoisotopic (exact) mass is 872 g/mol. The summed E-state index contributed by atoms with van der Waals surface area (Å²) in [5.41, 5.74) is 5.55. The molecule has 1 N–H and O–H groups in total. The highest BCUT2D eigenvalue weighted by Crippen LogP contribution is 2.36. The summed E-state index contributed by atoms with van der Waals surface area (Å²) in [6, 6.07) is 39.5. The number of carbonyl (C=O) groups is 2. The Hall–Kier alpha value is -6.15. The van der Waals surface area contributed by atoms with E-state index in [1.54, 1.807) is 24.1 Å². The Morgan fingerprint density at radius 3 is 2.30 bits per heavy atom. The molecular formula is C51H57FN4O8. The molecule has 3 aliphatic heterocycles. The number of nitrogens with one attached hydrogen (secondary N) is 1. The minimum absolute atomic E-state index is 0.0652. The molecule has 4 atom stereocenters. The predicted octanol–water partition coefficient (Wildman–Crippen LogP) is 7.74. The van der Waals surface area contributed by atoms with Gasteiger partial charge in [-0.1, -0.05) is 84.9 Å². The molecule has 0 spiro atoms. The first-order valence-corrected chi connectivity index (χ1v) is 22.2. The van der Waals surface area contributed by atoms with Crippen LogP contribution >= 0.6 is 0 Å². The lowest BCUT2D eigenvalue weighted by Crippen LogP contribution is -2.58. The SMILES string of the molecule is COCCCN1CCOc2ccc(COC3CN(C(=O)OCc4ccccc4)CC(NCC(=O)OCc4ccccc4)C3c3ccc(OC4CCN(c5cccc(F)c5)C4)cc3)cc21. The van der Waals surface area contributed by atoms with E-state index in [2.05, 4.69) is 21.2 Å². The van der Waals surface area contributed by atoms with Crippen LogP contribution in [0.2, 0.25) is 0 Å². The van der Waals surface area contributed by atoms with E-state index in [1.807, 2.05) is 103 Å². The van der Waals surface area contributed by atoms with Crippen molar-refractivity contribution in [3.05, 3.63) is 155 Å². The van der Waals surface area contributed by atoms with Crippen molar-refractivity contribution in [2.45, 2.75) is 56.8 Å². The highest BCUT2D eigenvalue weighted by Gasteiger charge is 2.41. The number of nitrogens with zero attached hydrogens (tertiary/aromatic N) is 3. The summed E-state index contributed by atoms with van der Waals surface area (Å²) >= 11 is 0. The molecule has 5 aromatic carbocycles. The second kappa shape index (κ2) is 22.0. The number of carbonyl (C=O) groups excluding carboxylic acids is 2. The van der Waals surface area contributed by atoms with Crippen molar-refractivity contribution < 1.29 is 42.4 Å². The largest absolute Gasteiger partial charge is 0.490 e. The first-order valence-electron chi connectivity index (χ1n) is 22.2. The molecule has 13 heteroatoms. The molecule has 0 radical (unpaired) electrons. The molecule has 0 bridgehead atoms. The summed E-state index contributed by atoms with van der Waals surface area (Å²) in [6.45, 7) is 5.28. The van der Waals surface area contributed by atoms with Crippen LogP contribution in [0.3, 0.4) is 0 Å². The van der Waals surface area contributed by atoms with Crippen molar-refractivity contribution in [3.63, 3.8) is 0 Å². The number of hydrogen-bond acceptors (Lipinski definition) is 11. The number of rotatable bonds is 18. The van der Waals surface area contributed by atoms with Crippen molar-refractivity contribution in [1.82, 2.24) is 10.2 Å². The third-order valence-electron chi connectivity index (χ3n) is 12.0. The van der Waals surface area contributed by atoms with Gasteiger partial charge in [0.2, 0.25) is 0 Å². The smallest absolute Gasteiger partial charge is 0.410 e. The number of anilines is 2. The maximum absolute atomic E-state index is 14.0. The number of amides is 1. The van der Waals surface area contributed by atoms with Gasteiger partial charge in [-0.05, 0) is 71.1 Å². The number of fused-ring (bicyclic) bond motifs is 1. The minimum Gasteiger partial charge on any atom is -0.490 e. The van der Waals surface area contributed by atoms with Crippen LogP contribution in [-0.4, -0.2) is 101 Å². The van der Waals surface area contributed by atoms with Gasteiger partial charge in [-0.25, -0.2) is 9.18 Å². The molecule has 1 amide bonds. The molecule has 336 valence electrons. The van der Waals surface area contributed by atoms with Gasteiger partial charge in [-0.2, -0.15) is 0 Å². The van der Waals surface area contributed by atoms with Crippen LogP contribution in [0.15, 0.2) is 127 Å². The van der Waals surface area contributed by atoms with Crippen molar-refractivity contribution in [3.8, 4) is 11.5 Å². The van der Waals surface area contributed by atoms with Gasteiger partial charge in [0.15, 0.2) is 0 Å². The van der Waals surface area contributed by atoms with Gasteiger partial charge in [0.05, 0.1) is 44.6 Å². The minimum atomic E-state index is -0.512. The molecule has 0 aliphatic carbocycles. The molecule has 3 aliphatic rings. The molecule has 2 fully saturated rings. The van der Waals surface area contributed by atoms with Crippen LogP contribution in [0.25, 0.3) is 0 Å². The lowest BCUT2D eigenvalue weighted by atomic mass is 9.82. The highest BCUT2D eigenvalue weighted by atomic mass is 19.1. The molecular weight excluding hydrogens is 816 g/mol. The maximum Gasteiger partial charge on any atom is 0.410 e. The van der Waals surface area contributed by atoms with Gasteiger partial charge in [0.1, 0.15) is 43.2 Å². The van der Waals surface area contributed by atoms with Crippen molar-refractivity contribution in [2.24, 2.45) is 0 Å². The van der Waals surface area contributed by atoms with E-state index in [1.165, 1.54) is 6.07 Å². The van der Waals surface area contributed by atoms with Gasteiger partial charge in [0.25, 0.3) is 0 Å². The summed E-state index contributed by atoms with van der Waals surface area (Å²) in [7, 11) is 1.71. The molecule has 5 aromatic rings. The van der Waals surface area contributed by atoms with Gasteiger partial charge in [0, 0.05) is 57.4 Å². The molecule has 12 nitrogen and oxygen atoms in total. The molecule has 3 heterocycles. The Kier molecular flexibility index (Phi) is 15.3. The second-order valence-electron chi connectivity index (χ2n) is 16.5. The first kappa shape index (κ1) is 44.5. The predicted molar refractivity (Wildman–Crippen MR) is 242 cm³/mol. The number of benzene rings is 5. The van der Waals surface area contributed by atoms with E-state index >= 15 is 0 Å². The zero-order valence-corrected chi connectivity index (χ0v) is 36.3. The van der Waals surface area contributed by atoms with Crippen LogP contribution in [0.1, 0.15) is 41.0 Å². The maximum atomic E-state index is 14.0. The number of halogens is 1. The number of likely N-dealkylation sites (tertiary alicyclic amines) is 1. The van der Waals surface area contributed by atoms with Crippen LogP contribution in [0, 0.1) is 5.82 Å². The number of hydrogen-bond donors (Lipinski definition) is 1. The Balaban J connectivity index is 1.03. The molecule has 64 heavy (non-hydrogen) atoms. The third kappa shape index (κ3) is 11.9. The van der Waals surface area contributed by atoms with Gasteiger partial charge >= 0.3 is 12.1 Å². The first-order chi connectivity index (χ1) is 31.4. The fraction of sp³-hybridized carbons (Fsp3) is 0.373. The van der Waals surface area contributed by atoms with Crippen LogP contribution in [0.5, 0.6) is 11.5 Å². The average Bonchev–Trinajstić information content (AvgIpc) is 3.80.